The molecule has 0 aliphatic rings. The fourth-order valence-corrected chi connectivity index (χ4v) is 2.18. The summed E-state index contributed by atoms with van der Waals surface area (Å²) in [6, 6.07) is 16.4. The number of rotatable bonds is 2. The van der Waals surface area contributed by atoms with Gasteiger partial charge in [0.15, 0.2) is 0 Å². The first kappa shape index (κ1) is 12.5. The lowest BCUT2D eigenvalue weighted by Crippen LogP contribution is -1.97. The maximum absolute atomic E-state index is 5.37. The number of hydrogen-bond donors (Lipinski definition) is 1. The van der Waals surface area contributed by atoms with Crippen LogP contribution in [0.1, 0.15) is 11.1 Å². The predicted octanol–water partition coefficient (Wildman–Crippen LogP) is 2.39. The molecule has 0 atom stereocenters. The number of benzene rings is 2. The van der Waals surface area contributed by atoms with Crippen molar-refractivity contribution in [2.24, 2.45) is 5.73 Å². The van der Waals surface area contributed by atoms with Crippen molar-refractivity contribution in [3.05, 3.63) is 66.0 Å². The van der Waals surface area contributed by atoms with Crippen LogP contribution in [0.4, 0.5) is 0 Å². The number of nitrogens with two attached hydrogens (primary N) is 1. The summed E-state index contributed by atoms with van der Waals surface area (Å²) in [7, 11) is 0. The van der Waals surface area contributed by atoms with Gasteiger partial charge in [0.2, 0.25) is 0 Å². The average Bonchev–Trinajstić information content (AvgIpc) is 2.90. The Hall–Kier alpha value is -2.57. The molecule has 0 spiro atoms. The van der Waals surface area contributed by atoms with E-state index in [4.69, 9.17) is 5.73 Å². The Balaban J connectivity index is 1.84. The van der Waals surface area contributed by atoms with E-state index in [0.29, 0.717) is 6.54 Å². The van der Waals surface area contributed by atoms with Crippen LogP contribution in [0, 0.1) is 11.8 Å². The number of imidazole rings is 1. The third-order valence-electron chi connectivity index (χ3n) is 3.17. The maximum Gasteiger partial charge on any atom is 0.0961 e. The Morgan fingerprint density at radius 2 is 1.85 bits per heavy atom. The Labute approximate surface area is 118 Å². The van der Waals surface area contributed by atoms with Gasteiger partial charge in [0.1, 0.15) is 0 Å². The molecule has 20 heavy (non-hydrogen) atoms. The van der Waals surface area contributed by atoms with Gasteiger partial charge in [-0.05, 0) is 29.8 Å². The van der Waals surface area contributed by atoms with E-state index in [1.54, 1.807) is 0 Å². The zero-order valence-corrected chi connectivity index (χ0v) is 11.1. The monoisotopic (exact) mass is 261 g/mol. The topological polar surface area (TPSA) is 43.8 Å². The van der Waals surface area contributed by atoms with Crippen molar-refractivity contribution in [3.8, 4) is 11.8 Å². The first-order chi connectivity index (χ1) is 9.86. The summed E-state index contributed by atoms with van der Waals surface area (Å²) in [6.07, 6.45) is 1.88. The molecule has 3 heteroatoms. The summed E-state index contributed by atoms with van der Waals surface area (Å²) in [6.45, 7) is 1.20. The summed E-state index contributed by atoms with van der Waals surface area (Å²) >= 11 is 0. The number of nitrogens with zero attached hydrogens (tertiary/aromatic N) is 2. The van der Waals surface area contributed by atoms with Crippen molar-refractivity contribution in [1.82, 2.24) is 9.55 Å². The van der Waals surface area contributed by atoms with E-state index in [-0.39, 0.29) is 0 Å². The predicted molar refractivity (Wildman–Crippen MR) is 81.2 cm³/mol. The van der Waals surface area contributed by atoms with Gasteiger partial charge in [-0.25, -0.2) is 4.98 Å². The van der Waals surface area contributed by atoms with Crippen LogP contribution in [-0.2, 0) is 6.54 Å². The van der Waals surface area contributed by atoms with Crippen molar-refractivity contribution in [2.75, 3.05) is 6.54 Å². The molecule has 0 aliphatic heterocycles. The SMILES string of the molecule is NCC#Cc1ccc(Cn2cnc3ccccc32)cc1. The van der Waals surface area contributed by atoms with E-state index in [1.807, 2.05) is 36.7 Å². The maximum atomic E-state index is 5.37. The summed E-state index contributed by atoms with van der Waals surface area (Å²) in [5.41, 5.74) is 9.77. The van der Waals surface area contributed by atoms with E-state index in [1.165, 1.54) is 5.56 Å². The second-order valence-corrected chi connectivity index (χ2v) is 4.56. The van der Waals surface area contributed by atoms with Crippen LogP contribution >= 0.6 is 0 Å². The molecule has 0 fully saturated rings. The Morgan fingerprint density at radius 1 is 1.05 bits per heavy atom. The highest BCUT2D eigenvalue weighted by Gasteiger charge is 2.02. The molecule has 3 aromatic rings. The van der Waals surface area contributed by atoms with Gasteiger partial charge < -0.3 is 10.3 Å². The normalized spacial score (nSPS) is 10.2. The van der Waals surface area contributed by atoms with Crippen LogP contribution < -0.4 is 5.73 Å². The van der Waals surface area contributed by atoms with E-state index in [2.05, 4.69) is 39.6 Å². The molecular weight excluding hydrogens is 246 g/mol. The highest BCUT2D eigenvalue weighted by Crippen LogP contribution is 2.14. The molecule has 2 N–H and O–H groups in total. The molecule has 0 radical (unpaired) electrons. The molecule has 1 aromatic heterocycles. The minimum absolute atomic E-state index is 0.392. The Bertz CT molecular complexity index is 773. The van der Waals surface area contributed by atoms with Crippen molar-refractivity contribution < 1.29 is 0 Å². The summed E-state index contributed by atoms with van der Waals surface area (Å²) < 4.78 is 2.15. The van der Waals surface area contributed by atoms with Gasteiger partial charge in [0.25, 0.3) is 0 Å². The molecule has 0 saturated carbocycles. The highest BCUT2D eigenvalue weighted by molar-refractivity contribution is 5.75. The van der Waals surface area contributed by atoms with Crippen LogP contribution in [0.5, 0.6) is 0 Å². The summed E-state index contributed by atoms with van der Waals surface area (Å²) in [4.78, 5) is 4.40. The molecule has 1 heterocycles. The fraction of sp³-hybridized carbons (Fsp3) is 0.118. The molecular formula is C17H15N3. The van der Waals surface area contributed by atoms with E-state index < -0.39 is 0 Å². The van der Waals surface area contributed by atoms with Gasteiger partial charge in [0.05, 0.1) is 23.9 Å². The standard InChI is InChI=1S/C17H15N3/c18-11-3-4-14-7-9-15(10-8-14)12-20-13-19-16-5-1-2-6-17(16)20/h1-2,5-10,13H,11-12,18H2. The summed E-state index contributed by atoms with van der Waals surface area (Å²) in [5.74, 6) is 5.88. The van der Waals surface area contributed by atoms with Gasteiger partial charge in [-0.1, -0.05) is 36.1 Å². The number of hydrogen-bond acceptors (Lipinski definition) is 2. The molecule has 0 amide bonds. The molecule has 3 nitrogen and oxygen atoms in total. The van der Waals surface area contributed by atoms with Gasteiger partial charge in [-0.2, -0.15) is 0 Å². The van der Waals surface area contributed by atoms with Crippen LogP contribution in [-0.4, -0.2) is 16.1 Å². The lowest BCUT2D eigenvalue weighted by atomic mass is 10.1. The largest absolute Gasteiger partial charge is 0.326 e. The van der Waals surface area contributed by atoms with Crippen molar-refractivity contribution in [3.63, 3.8) is 0 Å². The first-order valence-electron chi connectivity index (χ1n) is 6.54. The molecule has 0 unspecified atom stereocenters. The van der Waals surface area contributed by atoms with Crippen molar-refractivity contribution in [1.29, 1.82) is 0 Å². The minimum atomic E-state index is 0.392. The van der Waals surface area contributed by atoms with Crippen LogP contribution in [0.2, 0.25) is 0 Å². The Morgan fingerprint density at radius 3 is 2.65 bits per heavy atom. The van der Waals surface area contributed by atoms with Gasteiger partial charge in [-0.15, -0.1) is 0 Å². The third kappa shape index (κ3) is 2.56. The molecule has 0 saturated heterocycles. The van der Waals surface area contributed by atoms with Crippen LogP contribution in [0.3, 0.4) is 0 Å². The molecule has 3 rings (SSSR count). The Kier molecular flexibility index (Phi) is 3.49. The van der Waals surface area contributed by atoms with Gasteiger partial charge in [0, 0.05) is 12.1 Å². The fourth-order valence-electron chi connectivity index (χ4n) is 2.18. The average molecular weight is 261 g/mol. The minimum Gasteiger partial charge on any atom is -0.326 e. The number of aromatic nitrogens is 2. The van der Waals surface area contributed by atoms with Crippen LogP contribution in [0.25, 0.3) is 11.0 Å². The number of para-hydroxylation sites is 2. The third-order valence-corrected chi connectivity index (χ3v) is 3.17. The molecule has 98 valence electrons. The van der Waals surface area contributed by atoms with Crippen molar-refractivity contribution >= 4 is 11.0 Å². The van der Waals surface area contributed by atoms with E-state index in [9.17, 15) is 0 Å². The quantitative estimate of drug-likeness (QED) is 0.720. The zero-order valence-electron chi connectivity index (χ0n) is 11.1. The van der Waals surface area contributed by atoms with Crippen molar-refractivity contribution in [2.45, 2.75) is 6.54 Å². The van der Waals surface area contributed by atoms with E-state index >= 15 is 0 Å². The molecule has 0 aliphatic carbocycles. The lowest BCUT2D eigenvalue weighted by molar-refractivity contribution is 0.824. The molecule has 2 aromatic carbocycles. The van der Waals surface area contributed by atoms with E-state index in [0.717, 1.165) is 23.1 Å². The number of fused-ring (bicyclic) bond motifs is 1. The second-order valence-electron chi connectivity index (χ2n) is 4.56. The lowest BCUT2D eigenvalue weighted by Gasteiger charge is -2.04. The van der Waals surface area contributed by atoms with Crippen LogP contribution in [0.15, 0.2) is 54.9 Å². The smallest absolute Gasteiger partial charge is 0.0961 e. The molecule has 0 bridgehead atoms. The summed E-state index contributed by atoms with van der Waals surface area (Å²) in [5, 5.41) is 0. The highest BCUT2D eigenvalue weighted by atomic mass is 15.0. The van der Waals surface area contributed by atoms with Gasteiger partial charge in [-0.3, -0.25) is 0 Å². The second kappa shape index (κ2) is 5.60. The zero-order chi connectivity index (χ0) is 13.8. The first-order valence-corrected chi connectivity index (χ1v) is 6.54. The van der Waals surface area contributed by atoms with Gasteiger partial charge >= 0.3 is 0 Å².